The lowest BCUT2D eigenvalue weighted by atomic mass is 10.2. The van der Waals surface area contributed by atoms with Gasteiger partial charge in [0.25, 0.3) is 0 Å². The maximum atomic E-state index is 11.4. The van der Waals surface area contributed by atoms with Crippen LogP contribution in [0.3, 0.4) is 0 Å². The number of hydrogen-bond acceptors (Lipinski definition) is 5. The van der Waals surface area contributed by atoms with Crippen LogP contribution in [0.5, 0.6) is 5.88 Å². The second kappa shape index (κ2) is 6.45. The molecule has 2 rings (SSSR count). The van der Waals surface area contributed by atoms with Crippen molar-refractivity contribution in [3.63, 3.8) is 0 Å². The summed E-state index contributed by atoms with van der Waals surface area (Å²) in [5.41, 5.74) is 6.43. The number of nitrogens with two attached hydrogens (primary N) is 1. The van der Waals surface area contributed by atoms with Crippen LogP contribution in [-0.2, 0) is 4.79 Å². The number of carbonyl (C=O) groups excluding carboxylic acids is 1. The summed E-state index contributed by atoms with van der Waals surface area (Å²) >= 11 is 0. The van der Waals surface area contributed by atoms with E-state index in [9.17, 15) is 4.79 Å². The Morgan fingerprint density at radius 3 is 3.00 bits per heavy atom. The summed E-state index contributed by atoms with van der Waals surface area (Å²) in [4.78, 5) is 17.9. The van der Waals surface area contributed by atoms with E-state index in [1.54, 1.807) is 6.07 Å². The fourth-order valence-electron chi connectivity index (χ4n) is 1.97. The highest BCUT2D eigenvalue weighted by Crippen LogP contribution is 2.24. The predicted octanol–water partition coefficient (Wildman–Crippen LogP) is 1.02. The van der Waals surface area contributed by atoms with Gasteiger partial charge in [-0.15, -0.1) is 0 Å². The van der Waals surface area contributed by atoms with Crippen LogP contribution in [0.2, 0.25) is 0 Å². The van der Waals surface area contributed by atoms with Crippen molar-refractivity contribution in [1.29, 1.82) is 0 Å². The van der Waals surface area contributed by atoms with Crippen molar-refractivity contribution >= 4 is 17.4 Å². The number of anilines is 2. The number of nitrogens with one attached hydrogen (secondary N) is 1. The summed E-state index contributed by atoms with van der Waals surface area (Å²) in [6, 6.07) is 3.67. The molecule has 0 unspecified atom stereocenters. The highest BCUT2D eigenvalue weighted by Gasteiger charge is 2.16. The number of hydrogen-bond donors (Lipinski definition) is 2. The van der Waals surface area contributed by atoms with Crippen LogP contribution >= 0.6 is 0 Å². The lowest BCUT2D eigenvalue weighted by Crippen LogP contribution is -2.29. The Morgan fingerprint density at radius 2 is 2.25 bits per heavy atom. The molecule has 2 heterocycles. The summed E-state index contributed by atoms with van der Waals surface area (Å²) in [6.07, 6.45) is 0.480. The van der Waals surface area contributed by atoms with E-state index < -0.39 is 0 Å². The molecule has 0 aromatic carbocycles. The molecule has 6 nitrogen and oxygen atoms in total. The molecule has 1 aliphatic heterocycles. The van der Waals surface area contributed by atoms with E-state index in [0.717, 1.165) is 12.4 Å². The van der Waals surface area contributed by atoms with Crippen molar-refractivity contribution in [2.75, 3.05) is 36.9 Å². The normalized spacial score (nSPS) is 15.9. The van der Waals surface area contributed by atoms with Gasteiger partial charge < -0.3 is 20.7 Å². The molecule has 0 atom stereocenters. The van der Waals surface area contributed by atoms with Crippen molar-refractivity contribution in [1.82, 2.24) is 10.3 Å². The van der Waals surface area contributed by atoms with Crippen molar-refractivity contribution in [3.05, 3.63) is 12.1 Å². The van der Waals surface area contributed by atoms with Crippen LogP contribution < -0.4 is 20.7 Å². The van der Waals surface area contributed by atoms with E-state index in [2.05, 4.69) is 29.0 Å². The Hall–Kier alpha value is -1.98. The van der Waals surface area contributed by atoms with E-state index >= 15 is 0 Å². The third kappa shape index (κ3) is 3.76. The Balaban J connectivity index is 2.11. The smallest absolute Gasteiger partial charge is 0.239 e. The number of rotatable bonds is 4. The molecule has 0 radical (unpaired) electrons. The first-order valence-corrected chi connectivity index (χ1v) is 6.97. The van der Waals surface area contributed by atoms with Gasteiger partial charge in [-0.05, 0) is 18.1 Å². The lowest BCUT2D eigenvalue weighted by Gasteiger charge is -2.21. The fraction of sp³-hybridized carbons (Fsp3) is 0.571. The molecule has 0 spiro atoms. The Kier molecular flexibility index (Phi) is 4.65. The van der Waals surface area contributed by atoms with Gasteiger partial charge in [0.1, 0.15) is 5.82 Å². The van der Waals surface area contributed by atoms with E-state index in [1.165, 1.54) is 0 Å². The van der Waals surface area contributed by atoms with E-state index in [1.807, 2.05) is 6.07 Å². The van der Waals surface area contributed by atoms with Crippen LogP contribution in [0.4, 0.5) is 11.5 Å². The second-order valence-electron chi connectivity index (χ2n) is 5.36. The van der Waals surface area contributed by atoms with E-state index in [-0.39, 0.29) is 5.91 Å². The van der Waals surface area contributed by atoms with Gasteiger partial charge in [-0.25, -0.2) is 0 Å². The number of amides is 1. The van der Waals surface area contributed by atoms with E-state index in [4.69, 9.17) is 10.5 Å². The summed E-state index contributed by atoms with van der Waals surface area (Å²) < 4.78 is 5.64. The molecule has 6 heteroatoms. The summed E-state index contributed by atoms with van der Waals surface area (Å²) in [7, 11) is 0. The number of aromatic nitrogens is 1. The quantitative estimate of drug-likeness (QED) is 0.859. The SMILES string of the molecule is CC(C)COc1nc(N2CCNC(=O)CC2)ccc1N. The molecule has 3 N–H and O–H groups in total. The molecule has 0 saturated carbocycles. The number of pyridine rings is 1. The highest BCUT2D eigenvalue weighted by atomic mass is 16.5. The Bertz CT molecular complexity index is 476. The molecule has 0 aliphatic carbocycles. The minimum atomic E-state index is 0.0826. The molecular formula is C14H22N4O2. The van der Waals surface area contributed by atoms with Gasteiger partial charge in [-0.2, -0.15) is 4.98 Å². The zero-order valence-corrected chi connectivity index (χ0v) is 12.1. The first-order valence-electron chi connectivity index (χ1n) is 6.97. The second-order valence-corrected chi connectivity index (χ2v) is 5.36. The zero-order chi connectivity index (χ0) is 14.5. The van der Waals surface area contributed by atoms with Crippen molar-refractivity contribution < 1.29 is 9.53 Å². The molecule has 1 aliphatic rings. The first-order chi connectivity index (χ1) is 9.56. The first kappa shape index (κ1) is 14.4. The van der Waals surface area contributed by atoms with Crippen molar-refractivity contribution in [3.8, 4) is 5.88 Å². The third-order valence-corrected chi connectivity index (χ3v) is 3.07. The van der Waals surface area contributed by atoms with Crippen LogP contribution in [0, 0.1) is 5.92 Å². The standard InChI is InChI=1S/C14H22N4O2/c1-10(2)9-20-14-11(15)3-4-12(17-14)18-7-5-13(19)16-6-8-18/h3-4,10H,5-9,15H2,1-2H3,(H,16,19). The Morgan fingerprint density at radius 1 is 1.45 bits per heavy atom. The van der Waals surface area contributed by atoms with Gasteiger partial charge in [0.05, 0.1) is 12.3 Å². The summed E-state index contributed by atoms with van der Waals surface area (Å²) in [6.45, 7) is 6.77. The molecule has 0 bridgehead atoms. The van der Waals surface area contributed by atoms with Crippen LogP contribution in [0.1, 0.15) is 20.3 Å². The van der Waals surface area contributed by atoms with Gasteiger partial charge in [0.15, 0.2) is 0 Å². The van der Waals surface area contributed by atoms with Gasteiger partial charge in [-0.3, -0.25) is 4.79 Å². The monoisotopic (exact) mass is 278 g/mol. The fourth-order valence-corrected chi connectivity index (χ4v) is 1.97. The van der Waals surface area contributed by atoms with Crippen LogP contribution in [-0.4, -0.2) is 37.1 Å². The summed E-state index contributed by atoms with van der Waals surface area (Å²) in [5.74, 6) is 1.77. The third-order valence-electron chi connectivity index (χ3n) is 3.07. The number of nitrogen functional groups attached to an aromatic ring is 1. The molecule has 1 amide bonds. The van der Waals surface area contributed by atoms with Gasteiger partial charge >= 0.3 is 0 Å². The van der Waals surface area contributed by atoms with Gasteiger partial charge in [-0.1, -0.05) is 13.8 Å². The predicted molar refractivity (Wildman–Crippen MR) is 78.8 cm³/mol. The molecule has 20 heavy (non-hydrogen) atoms. The van der Waals surface area contributed by atoms with Crippen molar-refractivity contribution in [2.45, 2.75) is 20.3 Å². The molecular weight excluding hydrogens is 256 g/mol. The molecule has 1 fully saturated rings. The van der Waals surface area contributed by atoms with E-state index in [0.29, 0.717) is 43.6 Å². The molecule has 1 saturated heterocycles. The molecule has 1 aromatic rings. The van der Waals surface area contributed by atoms with Crippen LogP contribution in [0.15, 0.2) is 12.1 Å². The number of nitrogens with zero attached hydrogens (tertiary/aromatic N) is 2. The van der Waals surface area contributed by atoms with Crippen molar-refractivity contribution in [2.24, 2.45) is 5.92 Å². The maximum absolute atomic E-state index is 11.4. The van der Waals surface area contributed by atoms with Gasteiger partial charge in [0, 0.05) is 26.1 Å². The minimum absolute atomic E-state index is 0.0826. The summed E-state index contributed by atoms with van der Waals surface area (Å²) in [5, 5.41) is 2.85. The number of ether oxygens (including phenoxy) is 1. The minimum Gasteiger partial charge on any atom is -0.476 e. The largest absolute Gasteiger partial charge is 0.476 e. The average Bonchev–Trinajstić information content (AvgIpc) is 2.62. The zero-order valence-electron chi connectivity index (χ0n) is 12.1. The highest BCUT2D eigenvalue weighted by molar-refractivity contribution is 5.77. The average molecular weight is 278 g/mol. The van der Waals surface area contributed by atoms with Crippen LogP contribution in [0.25, 0.3) is 0 Å². The molecule has 1 aromatic heterocycles. The molecule has 110 valence electrons. The lowest BCUT2D eigenvalue weighted by molar-refractivity contribution is -0.120. The number of carbonyl (C=O) groups is 1. The van der Waals surface area contributed by atoms with Gasteiger partial charge in [0.2, 0.25) is 11.8 Å². The maximum Gasteiger partial charge on any atom is 0.239 e. The Labute approximate surface area is 119 Å². The topological polar surface area (TPSA) is 80.5 Å².